The highest BCUT2D eigenvalue weighted by Gasteiger charge is 2.08. The second-order valence-corrected chi connectivity index (χ2v) is 3.39. The first-order valence-corrected chi connectivity index (χ1v) is 4.87. The summed E-state index contributed by atoms with van der Waals surface area (Å²) in [6, 6.07) is 0. The SMILES string of the molecule is CCCOCC(O)c1nccs1. The summed E-state index contributed by atoms with van der Waals surface area (Å²) in [4.78, 5) is 3.98. The summed E-state index contributed by atoms with van der Waals surface area (Å²) in [5.41, 5.74) is 0. The predicted octanol–water partition coefficient (Wildman–Crippen LogP) is 1.60. The molecule has 0 saturated carbocycles. The monoisotopic (exact) mass is 187 g/mol. The Labute approximate surface area is 76.0 Å². The molecule has 1 atom stereocenters. The second kappa shape index (κ2) is 5.24. The molecule has 4 heteroatoms. The van der Waals surface area contributed by atoms with E-state index in [-0.39, 0.29) is 0 Å². The highest BCUT2D eigenvalue weighted by molar-refractivity contribution is 7.09. The van der Waals surface area contributed by atoms with Crippen molar-refractivity contribution < 1.29 is 9.84 Å². The van der Waals surface area contributed by atoms with Crippen molar-refractivity contribution in [2.45, 2.75) is 19.4 Å². The Kier molecular flexibility index (Phi) is 4.21. The summed E-state index contributed by atoms with van der Waals surface area (Å²) < 4.78 is 5.19. The first kappa shape index (κ1) is 9.64. The Balaban J connectivity index is 2.25. The van der Waals surface area contributed by atoms with Crippen LogP contribution in [0.15, 0.2) is 11.6 Å². The Hall–Kier alpha value is -0.450. The molecule has 0 aliphatic carbocycles. The molecule has 0 spiro atoms. The van der Waals surface area contributed by atoms with Crippen molar-refractivity contribution in [3.8, 4) is 0 Å². The fraction of sp³-hybridized carbons (Fsp3) is 0.625. The van der Waals surface area contributed by atoms with E-state index in [1.54, 1.807) is 6.20 Å². The van der Waals surface area contributed by atoms with Crippen LogP contribution in [0.3, 0.4) is 0 Å². The van der Waals surface area contributed by atoms with Crippen LogP contribution in [0.4, 0.5) is 0 Å². The molecule has 3 nitrogen and oxygen atoms in total. The molecule has 1 rings (SSSR count). The summed E-state index contributed by atoms with van der Waals surface area (Å²) >= 11 is 1.45. The molecule has 0 aliphatic heterocycles. The van der Waals surface area contributed by atoms with Crippen LogP contribution in [0.5, 0.6) is 0 Å². The maximum Gasteiger partial charge on any atom is 0.129 e. The second-order valence-electron chi connectivity index (χ2n) is 2.46. The quantitative estimate of drug-likeness (QED) is 0.712. The summed E-state index contributed by atoms with van der Waals surface area (Å²) in [6.45, 7) is 3.08. The number of aliphatic hydroxyl groups excluding tert-OH is 1. The van der Waals surface area contributed by atoms with Gasteiger partial charge < -0.3 is 9.84 Å². The Bertz CT molecular complexity index is 201. The lowest BCUT2D eigenvalue weighted by molar-refractivity contribution is 0.0362. The minimum Gasteiger partial charge on any atom is -0.383 e. The maximum absolute atomic E-state index is 9.46. The van der Waals surface area contributed by atoms with E-state index in [1.807, 2.05) is 12.3 Å². The first-order chi connectivity index (χ1) is 5.84. The molecule has 12 heavy (non-hydrogen) atoms. The van der Waals surface area contributed by atoms with Crippen LogP contribution in [0.2, 0.25) is 0 Å². The Morgan fingerprint density at radius 2 is 2.58 bits per heavy atom. The number of rotatable bonds is 5. The molecular weight excluding hydrogens is 174 g/mol. The van der Waals surface area contributed by atoms with E-state index < -0.39 is 6.10 Å². The number of aliphatic hydroxyl groups is 1. The third-order valence-corrected chi connectivity index (χ3v) is 2.24. The van der Waals surface area contributed by atoms with Crippen molar-refractivity contribution in [3.63, 3.8) is 0 Å². The predicted molar refractivity (Wildman–Crippen MR) is 48.2 cm³/mol. The number of nitrogens with zero attached hydrogens (tertiary/aromatic N) is 1. The zero-order valence-corrected chi connectivity index (χ0v) is 7.88. The number of hydrogen-bond donors (Lipinski definition) is 1. The molecule has 1 N–H and O–H groups in total. The number of aromatic nitrogens is 1. The van der Waals surface area contributed by atoms with Crippen LogP contribution in [-0.2, 0) is 4.74 Å². The van der Waals surface area contributed by atoms with Crippen LogP contribution in [0.25, 0.3) is 0 Å². The van der Waals surface area contributed by atoms with Gasteiger partial charge in [0.1, 0.15) is 11.1 Å². The third-order valence-electron chi connectivity index (χ3n) is 1.36. The molecule has 1 heterocycles. The topological polar surface area (TPSA) is 42.4 Å². The van der Waals surface area contributed by atoms with Gasteiger partial charge in [-0.2, -0.15) is 0 Å². The van der Waals surface area contributed by atoms with Crippen molar-refractivity contribution in [2.24, 2.45) is 0 Å². The first-order valence-electron chi connectivity index (χ1n) is 3.99. The van der Waals surface area contributed by atoms with Gasteiger partial charge in [0.25, 0.3) is 0 Å². The Morgan fingerprint density at radius 3 is 3.17 bits per heavy atom. The lowest BCUT2D eigenvalue weighted by Crippen LogP contribution is -2.07. The molecule has 1 aromatic rings. The van der Waals surface area contributed by atoms with Crippen LogP contribution in [0.1, 0.15) is 24.5 Å². The van der Waals surface area contributed by atoms with Crippen LogP contribution in [-0.4, -0.2) is 23.3 Å². The molecule has 0 bridgehead atoms. The number of hydrogen-bond acceptors (Lipinski definition) is 4. The van der Waals surface area contributed by atoms with Gasteiger partial charge in [0.2, 0.25) is 0 Å². The van der Waals surface area contributed by atoms with Crippen molar-refractivity contribution in [2.75, 3.05) is 13.2 Å². The van der Waals surface area contributed by atoms with E-state index in [2.05, 4.69) is 4.98 Å². The summed E-state index contributed by atoms with van der Waals surface area (Å²) in [6.07, 6.45) is 2.10. The highest BCUT2D eigenvalue weighted by Crippen LogP contribution is 2.15. The van der Waals surface area contributed by atoms with Gasteiger partial charge in [-0.1, -0.05) is 6.92 Å². The van der Waals surface area contributed by atoms with Crippen LogP contribution in [0, 0.1) is 0 Å². The molecule has 0 amide bonds. The van der Waals surface area contributed by atoms with Crippen LogP contribution < -0.4 is 0 Å². The van der Waals surface area contributed by atoms with Crippen LogP contribution >= 0.6 is 11.3 Å². The van der Waals surface area contributed by atoms with Crippen molar-refractivity contribution >= 4 is 11.3 Å². The largest absolute Gasteiger partial charge is 0.383 e. The molecule has 0 aliphatic rings. The van der Waals surface area contributed by atoms with Gasteiger partial charge in [-0.3, -0.25) is 0 Å². The van der Waals surface area contributed by atoms with E-state index >= 15 is 0 Å². The molecular formula is C8H13NO2S. The van der Waals surface area contributed by atoms with Gasteiger partial charge in [0, 0.05) is 18.2 Å². The summed E-state index contributed by atoms with van der Waals surface area (Å²) in [5, 5.41) is 12.0. The number of ether oxygens (including phenoxy) is 1. The molecule has 0 saturated heterocycles. The molecule has 0 fully saturated rings. The van der Waals surface area contributed by atoms with E-state index in [1.165, 1.54) is 11.3 Å². The van der Waals surface area contributed by atoms with Gasteiger partial charge in [-0.25, -0.2) is 4.98 Å². The van der Waals surface area contributed by atoms with Gasteiger partial charge in [-0.15, -0.1) is 11.3 Å². The van der Waals surface area contributed by atoms with E-state index in [9.17, 15) is 5.11 Å². The van der Waals surface area contributed by atoms with Crippen molar-refractivity contribution in [1.29, 1.82) is 0 Å². The zero-order valence-electron chi connectivity index (χ0n) is 7.06. The van der Waals surface area contributed by atoms with Crippen molar-refractivity contribution in [3.05, 3.63) is 16.6 Å². The van der Waals surface area contributed by atoms with E-state index in [4.69, 9.17) is 4.74 Å². The average Bonchev–Trinajstić information content (AvgIpc) is 2.56. The van der Waals surface area contributed by atoms with Gasteiger partial charge in [0.05, 0.1) is 6.61 Å². The molecule has 1 unspecified atom stereocenters. The van der Waals surface area contributed by atoms with Gasteiger partial charge in [-0.05, 0) is 6.42 Å². The molecule has 68 valence electrons. The lowest BCUT2D eigenvalue weighted by atomic mass is 10.4. The zero-order chi connectivity index (χ0) is 8.81. The van der Waals surface area contributed by atoms with Gasteiger partial charge in [0.15, 0.2) is 0 Å². The summed E-state index contributed by atoms with van der Waals surface area (Å²) in [5.74, 6) is 0. The average molecular weight is 187 g/mol. The highest BCUT2D eigenvalue weighted by atomic mass is 32.1. The normalized spacial score (nSPS) is 13.2. The lowest BCUT2D eigenvalue weighted by Gasteiger charge is -2.06. The minimum atomic E-state index is -0.559. The summed E-state index contributed by atoms with van der Waals surface area (Å²) in [7, 11) is 0. The van der Waals surface area contributed by atoms with Gasteiger partial charge >= 0.3 is 0 Å². The van der Waals surface area contributed by atoms with Crippen molar-refractivity contribution in [1.82, 2.24) is 4.98 Å². The van der Waals surface area contributed by atoms with E-state index in [0.29, 0.717) is 13.2 Å². The molecule has 0 radical (unpaired) electrons. The third kappa shape index (κ3) is 2.89. The maximum atomic E-state index is 9.46. The standard InChI is InChI=1S/C8H13NO2S/c1-2-4-11-6-7(10)8-9-3-5-12-8/h3,5,7,10H,2,4,6H2,1H3. The fourth-order valence-corrected chi connectivity index (χ4v) is 1.42. The minimum absolute atomic E-state index is 0.349. The smallest absolute Gasteiger partial charge is 0.129 e. The van der Waals surface area contributed by atoms with E-state index in [0.717, 1.165) is 11.4 Å². The Morgan fingerprint density at radius 1 is 1.75 bits per heavy atom. The molecule has 1 aromatic heterocycles. The fourth-order valence-electron chi connectivity index (χ4n) is 0.810. The molecule has 0 aromatic carbocycles. The number of thiazole rings is 1.